The number of carbonyl (C=O) groups is 1. The second kappa shape index (κ2) is 7.67. The van der Waals surface area contributed by atoms with Gasteiger partial charge in [-0.2, -0.15) is 0 Å². The van der Waals surface area contributed by atoms with Crippen molar-refractivity contribution in [3.05, 3.63) is 0 Å². The molecule has 1 rings (SSSR count). The number of amides is 1. The van der Waals surface area contributed by atoms with Gasteiger partial charge in [-0.3, -0.25) is 9.69 Å². The topological polar surface area (TPSA) is 44.4 Å². The summed E-state index contributed by atoms with van der Waals surface area (Å²) in [5.41, 5.74) is 0. The van der Waals surface area contributed by atoms with Crippen molar-refractivity contribution >= 4 is 5.91 Å². The number of rotatable bonds is 6. The minimum atomic E-state index is 0.169. The lowest BCUT2D eigenvalue weighted by atomic mass is 10.1. The van der Waals surface area contributed by atoms with Crippen LogP contribution in [-0.4, -0.2) is 49.1 Å². The highest BCUT2D eigenvalue weighted by Gasteiger charge is 2.19. The standard InChI is InChI=1S/C13H27N3O/c1-4-16(12-6-5-8-14-10-12)9-7-13(17)15-11(2)3/h11-12,14H,4-10H2,1-3H3,(H,15,17). The summed E-state index contributed by atoms with van der Waals surface area (Å²) in [5, 5.41) is 6.37. The molecule has 1 unspecified atom stereocenters. The zero-order valence-electron chi connectivity index (χ0n) is 11.5. The van der Waals surface area contributed by atoms with Gasteiger partial charge in [0, 0.05) is 31.6 Å². The Labute approximate surface area is 105 Å². The van der Waals surface area contributed by atoms with Gasteiger partial charge < -0.3 is 10.6 Å². The van der Waals surface area contributed by atoms with Crippen LogP contribution in [0.1, 0.15) is 40.0 Å². The second-order valence-corrected chi connectivity index (χ2v) is 5.10. The zero-order chi connectivity index (χ0) is 12.7. The second-order valence-electron chi connectivity index (χ2n) is 5.10. The van der Waals surface area contributed by atoms with Crippen LogP contribution in [0, 0.1) is 0 Å². The van der Waals surface area contributed by atoms with Crippen LogP contribution in [0.5, 0.6) is 0 Å². The molecule has 2 N–H and O–H groups in total. The van der Waals surface area contributed by atoms with Crippen molar-refractivity contribution in [3.8, 4) is 0 Å². The minimum absolute atomic E-state index is 0.169. The highest BCUT2D eigenvalue weighted by molar-refractivity contribution is 5.76. The molecule has 1 heterocycles. The quantitative estimate of drug-likeness (QED) is 0.728. The molecule has 100 valence electrons. The van der Waals surface area contributed by atoms with Gasteiger partial charge in [0.15, 0.2) is 0 Å². The predicted molar refractivity (Wildman–Crippen MR) is 71.0 cm³/mol. The van der Waals surface area contributed by atoms with Crippen LogP contribution in [0.15, 0.2) is 0 Å². The Morgan fingerprint density at radius 2 is 2.29 bits per heavy atom. The van der Waals surface area contributed by atoms with Crippen LogP contribution in [-0.2, 0) is 4.79 Å². The lowest BCUT2D eigenvalue weighted by Crippen LogP contribution is -2.47. The van der Waals surface area contributed by atoms with E-state index in [2.05, 4.69) is 22.5 Å². The van der Waals surface area contributed by atoms with Gasteiger partial charge in [0.25, 0.3) is 0 Å². The Kier molecular flexibility index (Phi) is 6.52. The van der Waals surface area contributed by atoms with Gasteiger partial charge in [0.1, 0.15) is 0 Å². The van der Waals surface area contributed by atoms with E-state index in [4.69, 9.17) is 0 Å². The van der Waals surface area contributed by atoms with Crippen molar-refractivity contribution in [2.24, 2.45) is 0 Å². The van der Waals surface area contributed by atoms with Crippen molar-refractivity contribution in [3.63, 3.8) is 0 Å². The molecule has 0 saturated carbocycles. The molecular weight excluding hydrogens is 214 g/mol. The van der Waals surface area contributed by atoms with E-state index in [9.17, 15) is 4.79 Å². The number of nitrogens with one attached hydrogen (secondary N) is 2. The van der Waals surface area contributed by atoms with Crippen molar-refractivity contribution in [2.75, 3.05) is 26.2 Å². The van der Waals surface area contributed by atoms with E-state index in [0.29, 0.717) is 12.5 Å². The maximum absolute atomic E-state index is 11.6. The maximum Gasteiger partial charge on any atom is 0.221 e. The first-order valence-corrected chi connectivity index (χ1v) is 6.87. The van der Waals surface area contributed by atoms with Crippen molar-refractivity contribution in [1.29, 1.82) is 0 Å². The van der Waals surface area contributed by atoms with Gasteiger partial charge >= 0.3 is 0 Å². The summed E-state index contributed by atoms with van der Waals surface area (Å²) in [4.78, 5) is 14.0. The van der Waals surface area contributed by atoms with E-state index in [1.54, 1.807) is 0 Å². The molecule has 0 aromatic rings. The molecule has 1 atom stereocenters. The van der Waals surface area contributed by atoms with E-state index >= 15 is 0 Å². The number of hydrogen-bond donors (Lipinski definition) is 2. The van der Waals surface area contributed by atoms with Crippen LogP contribution in [0.2, 0.25) is 0 Å². The third kappa shape index (κ3) is 5.50. The van der Waals surface area contributed by atoms with Gasteiger partial charge in [-0.25, -0.2) is 0 Å². The van der Waals surface area contributed by atoms with Crippen molar-refractivity contribution < 1.29 is 4.79 Å². The molecule has 1 saturated heterocycles. The number of carbonyl (C=O) groups excluding carboxylic acids is 1. The van der Waals surface area contributed by atoms with Crippen LogP contribution in [0.25, 0.3) is 0 Å². The molecule has 0 spiro atoms. The van der Waals surface area contributed by atoms with Crippen LogP contribution < -0.4 is 10.6 Å². The first-order valence-electron chi connectivity index (χ1n) is 6.87. The summed E-state index contributed by atoms with van der Waals surface area (Å²) in [7, 11) is 0. The third-order valence-electron chi connectivity index (χ3n) is 3.27. The average molecular weight is 241 g/mol. The first-order chi connectivity index (χ1) is 8.13. The highest BCUT2D eigenvalue weighted by Crippen LogP contribution is 2.10. The molecule has 17 heavy (non-hydrogen) atoms. The Bertz CT molecular complexity index is 225. The lowest BCUT2D eigenvalue weighted by molar-refractivity contribution is -0.122. The van der Waals surface area contributed by atoms with Crippen LogP contribution in [0.3, 0.4) is 0 Å². The number of piperidine rings is 1. The third-order valence-corrected chi connectivity index (χ3v) is 3.27. The molecule has 4 nitrogen and oxygen atoms in total. The van der Waals surface area contributed by atoms with E-state index in [0.717, 1.165) is 26.2 Å². The fourth-order valence-corrected chi connectivity index (χ4v) is 2.38. The van der Waals surface area contributed by atoms with Gasteiger partial charge in [0.2, 0.25) is 5.91 Å². The summed E-state index contributed by atoms with van der Waals surface area (Å²) in [6.45, 7) is 10.3. The summed E-state index contributed by atoms with van der Waals surface area (Å²) in [5.74, 6) is 0.169. The zero-order valence-corrected chi connectivity index (χ0v) is 11.5. The Morgan fingerprint density at radius 3 is 2.82 bits per heavy atom. The van der Waals surface area contributed by atoms with Crippen LogP contribution in [0.4, 0.5) is 0 Å². The van der Waals surface area contributed by atoms with Gasteiger partial charge in [-0.1, -0.05) is 6.92 Å². The van der Waals surface area contributed by atoms with Gasteiger partial charge in [0.05, 0.1) is 0 Å². The molecule has 1 aliphatic rings. The lowest BCUT2D eigenvalue weighted by Gasteiger charge is -2.33. The molecule has 0 bridgehead atoms. The Balaban J connectivity index is 2.28. The molecule has 0 aromatic heterocycles. The summed E-state index contributed by atoms with van der Waals surface area (Å²) >= 11 is 0. The smallest absolute Gasteiger partial charge is 0.221 e. The monoisotopic (exact) mass is 241 g/mol. The van der Waals surface area contributed by atoms with Crippen molar-refractivity contribution in [2.45, 2.75) is 52.1 Å². The molecular formula is C13H27N3O. The normalized spacial score (nSPS) is 20.9. The minimum Gasteiger partial charge on any atom is -0.354 e. The van der Waals surface area contributed by atoms with E-state index in [-0.39, 0.29) is 11.9 Å². The number of hydrogen-bond acceptors (Lipinski definition) is 3. The maximum atomic E-state index is 11.6. The molecule has 0 radical (unpaired) electrons. The van der Waals surface area contributed by atoms with Crippen LogP contribution >= 0.6 is 0 Å². The fraction of sp³-hybridized carbons (Fsp3) is 0.923. The summed E-state index contributed by atoms with van der Waals surface area (Å²) < 4.78 is 0. The molecule has 0 aliphatic carbocycles. The number of likely N-dealkylation sites (N-methyl/N-ethyl adjacent to an activating group) is 1. The van der Waals surface area contributed by atoms with Gasteiger partial charge in [-0.05, 0) is 39.8 Å². The van der Waals surface area contributed by atoms with E-state index < -0.39 is 0 Å². The van der Waals surface area contributed by atoms with Gasteiger partial charge in [-0.15, -0.1) is 0 Å². The molecule has 1 amide bonds. The first kappa shape index (κ1) is 14.5. The highest BCUT2D eigenvalue weighted by atomic mass is 16.1. The molecule has 0 aromatic carbocycles. The number of nitrogens with zero attached hydrogens (tertiary/aromatic N) is 1. The Morgan fingerprint density at radius 1 is 1.53 bits per heavy atom. The van der Waals surface area contributed by atoms with E-state index in [1.807, 2.05) is 13.8 Å². The predicted octanol–water partition coefficient (Wildman–Crippen LogP) is 0.975. The largest absolute Gasteiger partial charge is 0.354 e. The SMILES string of the molecule is CCN(CCC(=O)NC(C)C)C1CCCNC1. The molecule has 4 heteroatoms. The van der Waals surface area contributed by atoms with E-state index in [1.165, 1.54) is 12.8 Å². The fourth-order valence-electron chi connectivity index (χ4n) is 2.38. The Hall–Kier alpha value is -0.610. The summed E-state index contributed by atoms with van der Waals surface area (Å²) in [6, 6.07) is 0.856. The summed E-state index contributed by atoms with van der Waals surface area (Å²) in [6.07, 6.45) is 3.12. The van der Waals surface area contributed by atoms with Crippen molar-refractivity contribution in [1.82, 2.24) is 15.5 Å². The molecule has 1 aliphatic heterocycles. The molecule has 1 fully saturated rings. The average Bonchev–Trinajstić information content (AvgIpc) is 2.30.